The van der Waals surface area contributed by atoms with Crippen molar-refractivity contribution < 1.29 is 4.79 Å². The summed E-state index contributed by atoms with van der Waals surface area (Å²) in [7, 11) is 0. The van der Waals surface area contributed by atoms with Crippen molar-refractivity contribution in [3.63, 3.8) is 0 Å². The first-order valence-corrected chi connectivity index (χ1v) is 10.8. The molecule has 0 aliphatic heterocycles. The van der Waals surface area contributed by atoms with Crippen LogP contribution in [-0.4, -0.2) is 16.4 Å². The Morgan fingerprint density at radius 1 is 1.27 bits per heavy atom. The molecule has 4 aliphatic carbocycles. The van der Waals surface area contributed by atoms with Crippen LogP contribution in [0.5, 0.6) is 0 Å². The third-order valence-electron chi connectivity index (χ3n) is 6.97. The molecule has 1 amide bonds. The molecule has 2 aromatic heterocycles. The van der Waals surface area contributed by atoms with E-state index in [1.165, 1.54) is 30.6 Å². The van der Waals surface area contributed by atoms with Crippen LogP contribution >= 0.6 is 11.3 Å². The van der Waals surface area contributed by atoms with Crippen LogP contribution in [0.2, 0.25) is 0 Å². The van der Waals surface area contributed by atoms with Gasteiger partial charge in [0.1, 0.15) is 9.71 Å². The van der Waals surface area contributed by atoms with E-state index in [0.717, 1.165) is 64.9 Å². The zero-order valence-corrected chi connectivity index (χ0v) is 16.4. The van der Waals surface area contributed by atoms with Gasteiger partial charge in [-0.05, 0) is 81.3 Å². The number of amides is 1. The van der Waals surface area contributed by atoms with E-state index in [0.29, 0.717) is 10.6 Å². The zero-order valence-electron chi connectivity index (χ0n) is 15.6. The minimum atomic E-state index is 0.0168. The van der Waals surface area contributed by atoms with Crippen molar-refractivity contribution in [2.75, 3.05) is 5.73 Å². The largest absolute Gasteiger partial charge is 0.397 e. The number of fused-ring (bicyclic) bond motifs is 1. The van der Waals surface area contributed by atoms with Gasteiger partial charge in [-0.1, -0.05) is 6.92 Å². The Kier molecular flexibility index (Phi) is 3.62. The van der Waals surface area contributed by atoms with Crippen LogP contribution in [-0.2, 0) is 6.42 Å². The standard InChI is InChI=1S/C21H27N3OS/c1-3-16-11(2)4-15-17(22)18(26-20(15)23-16)19(25)24-21-8-12-5-13(9-21)7-14(6-12)10-21/h4,12-14H,3,5-10,22H2,1-2H3,(H,24,25). The van der Waals surface area contributed by atoms with Gasteiger partial charge in [0, 0.05) is 16.6 Å². The average molecular weight is 370 g/mol. The van der Waals surface area contributed by atoms with Gasteiger partial charge < -0.3 is 11.1 Å². The Hall–Kier alpha value is -1.62. The number of nitrogens with one attached hydrogen (secondary N) is 1. The molecular weight excluding hydrogens is 342 g/mol. The normalized spacial score (nSPS) is 32.3. The fourth-order valence-electron chi connectivity index (χ4n) is 6.27. The third-order valence-corrected chi connectivity index (χ3v) is 8.09. The first kappa shape index (κ1) is 16.5. The van der Waals surface area contributed by atoms with Crippen LogP contribution in [0.25, 0.3) is 10.2 Å². The molecule has 0 radical (unpaired) electrons. The number of hydrogen-bond acceptors (Lipinski definition) is 4. The number of thiophene rings is 1. The van der Waals surface area contributed by atoms with Crippen molar-refractivity contribution in [3.8, 4) is 0 Å². The van der Waals surface area contributed by atoms with Crippen molar-refractivity contribution in [2.45, 2.75) is 64.3 Å². The van der Waals surface area contributed by atoms with Gasteiger partial charge in [0.15, 0.2) is 0 Å². The van der Waals surface area contributed by atoms with E-state index in [1.807, 2.05) is 0 Å². The van der Waals surface area contributed by atoms with Crippen LogP contribution in [0, 0.1) is 24.7 Å². The Morgan fingerprint density at radius 2 is 1.88 bits per heavy atom. The van der Waals surface area contributed by atoms with E-state index in [-0.39, 0.29) is 11.4 Å². The molecule has 138 valence electrons. The summed E-state index contributed by atoms with van der Waals surface area (Å²) in [5.74, 6) is 2.47. The number of aryl methyl sites for hydroxylation is 2. The Balaban J connectivity index is 1.46. The quantitative estimate of drug-likeness (QED) is 0.840. The lowest BCUT2D eigenvalue weighted by atomic mass is 9.53. The third kappa shape index (κ3) is 2.47. The van der Waals surface area contributed by atoms with Gasteiger partial charge in [-0.2, -0.15) is 0 Å². The number of anilines is 1. The molecule has 0 spiro atoms. The maximum absolute atomic E-state index is 13.2. The van der Waals surface area contributed by atoms with E-state index < -0.39 is 0 Å². The van der Waals surface area contributed by atoms with Gasteiger partial charge in [-0.3, -0.25) is 4.79 Å². The number of carbonyl (C=O) groups is 1. The molecule has 0 saturated heterocycles. The number of carbonyl (C=O) groups excluding carboxylic acids is 1. The SMILES string of the molecule is CCc1nc2sc(C(=O)NC34CC5CC(CC(C5)C3)C4)c(N)c2cc1C. The van der Waals surface area contributed by atoms with E-state index in [9.17, 15) is 4.79 Å². The van der Waals surface area contributed by atoms with Gasteiger partial charge in [0.2, 0.25) is 0 Å². The smallest absolute Gasteiger partial charge is 0.264 e. The maximum Gasteiger partial charge on any atom is 0.264 e. The topological polar surface area (TPSA) is 68.0 Å². The number of nitrogens with zero attached hydrogens (tertiary/aromatic N) is 1. The van der Waals surface area contributed by atoms with E-state index in [2.05, 4.69) is 25.2 Å². The summed E-state index contributed by atoms with van der Waals surface area (Å²) < 4.78 is 0. The molecular formula is C21H27N3OS. The van der Waals surface area contributed by atoms with Crippen LogP contribution < -0.4 is 11.1 Å². The Bertz CT molecular complexity index is 865. The molecule has 26 heavy (non-hydrogen) atoms. The number of hydrogen-bond donors (Lipinski definition) is 2. The van der Waals surface area contributed by atoms with Gasteiger partial charge >= 0.3 is 0 Å². The van der Waals surface area contributed by atoms with Crippen LogP contribution in [0.4, 0.5) is 5.69 Å². The van der Waals surface area contributed by atoms with Crippen molar-refractivity contribution in [2.24, 2.45) is 17.8 Å². The molecule has 4 nitrogen and oxygen atoms in total. The number of nitrogens with two attached hydrogens (primary N) is 1. The molecule has 0 aromatic carbocycles. The van der Waals surface area contributed by atoms with Gasteiger partial charge in [-0.25, -0.2) is 4.98 Å². The van der Waals surface area contributed by atoms with Crippen molar-refractivity contribution in [3.05, 3.63) is 22.2 Å². The van der Waals surface area contributed by atoms with Gasteiger partial charge in [0.05, 0.1) is 5.69 Å². The van der Waals surface area contributed by atoms with E-state index in [1.54, 1.807) is 0 Å². The molecule has 4 bridgehead atoms. The molecule has 2 aromatic rings. The van der Waals surface area contributed by atoms with Crippen molar-refractivity contribution in [1.29, 1.82) is 0 Å². The lowest BCUT2D eigenvalue weighted by Crippen LogP contribution is -2.59. The van der Waals surface area contributed by atoms with Gasteiger partial charge in [-0.15, -0.1) is 11.3 Å². The predicted octanol–water partition coefficient (Wildman–Crippen LogP) is 4.45. The summed E-state index contributed by atoms with van der Waals surface area (Å²) in [5, 5.41) is 4.38. The molecule has 0 atom stereocenters. The molecule has 4 aliphatic rings. The highest BCUT2D eigenvalue weighted by Crippen LogP contribution is 2.55. The highest BCUT2D eigenvalue weighted by molar-refractivity contribution is 7.21. The summed E-state index contributed by atoms with van der Waals surface area (Å²) >= 11 is 1.45. The molecule has 6 rings (SSSR count). The summed E-state index contributed by atoms with van der Waals surface area (Å²) in [4.78, 5) is 19.4. The number of nitrogen functional groups attached to an aromatic ring is 1. The van der Waals surface area contributed by atoms with Gasteiger partial charge in [0.25, 0.3) is 5.91 Å². The highest BCUT2D eigenvalue weighted by atomic mass is 32.1. The maximum atomic E-state index is 13.2. The lowest BCUT2D eigenvalue weighted by Gasteiger charge is -2.56. The molecule has 2 heterocycles. The molecule has 3 N–H and O–H groups in total. The monoisotopic (exact) mass is 369 g/mol. The second kappa shape index (κ2) is 5.69. The van der Waals surface area contributed by atoms with Crippen molar-refractivity contribution in [1.82, 2.24) is 10.3 Å². The summed E-state index contributed by atoms with van der Waals surface area (Å²) in [6, 6.07) is 2.09. The molecule has 5 heteroatoms. The lowest BCUT2D eigenvalue weighted by molar-refractivity contribution is -0.0166. The number of aromatic nitrogens is 1. The average Bonchev–Trinajstić information content (AvgIpc) is 2.89. The van der Waals surface area contributed by atoms with Crippen LogP contribution in [0.3, 0.4) is 0 Å². The Labute approximate surface area is 158 Å². The van der Waals surface area contributed by atoms with Crippen molar-refractivity contribution >= 4 is 33.1 Å². The zero-order chi connectivity index (χ0) is 18.1. The fourth-order valence-corrected chi connectivity index (χ4v) is 7.26. The molecule has 4 saturated carbocycles. The summed E-state index contributed by atoms with van der Waals surface area (Å²) in [5.41, 5.74) is 9.24. The summed E-state index contributed by atoms with van der Waals surface area (Å²) in [6.45, 7) is 4.18. The Morgan fingerprint density at radius 3 is 2.46 bits per heavy atom. The fraction of sp³-hybridized carbons (Fsp3) is 0.619. The van der Waals surface area contributed by atoms with E-state index >= 15 is 0 Å². The second-order valence-electron chi connectivity index (χ2n) is 8.96. The first-order valence-electron chi connectivity index (χ1n) is 9.97. The molecule has 0 unspecified atom stereocenters. The molecule has 4 fully saturated rings. The minimum absolute atomic E-state index is 0.0168. The number of pyridine rings is 1. The second-order valence-corrected chi connectivity index (χ2v) is 9.95. The first-order chi connectivity index (χ1) is 12.5. The summed E-state index contributed by atoms with van der Waals surface area (Å²) in [6.07, 6.45) is 8.51. The van der Waals surface area contributed by atoms with Crippen LogP contribution in [0.1, 0.15) is 66.4 Å². The highest BCUT2D eigenvalue weighted by Gasteiger charge is 2.51. The minimum Gasteiger partial charge on any atom is -0.397 e. The number of rotatable bonds is 3. The van der Waals surface area contributed by atoms with E-state index in [4.69, 9.17) is 10.7 Å². The van der Waals surface area contributed by atoms with Crippen LogP contribution in [0.15, 0.2) is 6.07 Å². The predicted molar refractivity (Wildman–Crippen MR) is 107 cm³/mol.